The average Bonchev–Trinajstić information content (AvgIpc) is 2.78. The molecule has 0 spiro atoms. The SMILES string of the molecule is Cc1c(C(=O)Nc2ccccc2C#CCO)cnn1C. The van der Waals surface area contributed by atoms with Gasteiger partial charge in [0.2, 0.25) is 0 Å². The number of hydrogen-bond acceptors (Lipinski definition) is 3. The Hall–Kier alpha value is -2.58. The molecule has 2 N–H and O–H groups in total. The fourth-order valence-corrected chi connectivity index (χ4v) is 1.75. The maximum Gasteiger partial charge on any atom is 0.259 e. The van der Waals surface area contributed by atoms with Gasteiger partial charge in [-0.25, -0.2) is 0 Å². The summed E-state index contributed by atoms with van der Waals surface area (Å²) in [5.74, 6) is 5.15. The smallest absolute Gasteiger partial charge is 0.259 e. The first kappa shape index (κ1) is 13.8. The first-order valence-corrected chi connectivity index (χ1v) is 6.12. The summed E-state index contributed by atoms with van der Waals surface area (Å²) >= 11 is 0. The van der Waals surface area contributed by atoms with Crippen LogP contribution >= 0.6 is 0 Å². The van der Waals surface area contributed by atoms with Crippen LogP contribution in [-0.4, -0.2) is 27.4 Å². The molecule has 0 aliphatic heterocycles. The Balaban J connectivity index is 2.26. The van der Waals surface area contributed by atoms with E-state index in [1.807, 2.05) is 19.1 Å². The second-order valence-electron chi connectivity index (χ2n) is 4.23. The number of para-hydroxylation sites is 1. The molecule has 1 aromatic heterocycles. The molecule has 0 radical (unpaired) electrons. The normalized spacial score (nSPS) is 9.75. The average molecular weight is 269 g/mol. The van der Waals surface area contributed by atoms with Crippen molar-refractivity contribution in [2.75, 3.05) is 11.9 Å². The minimum absolute atomic E-state index is 0.218. The Bertz CT molecular complexity index is 693. The molecule has 5 heteroatoms. The molecule has 1 amide bonds. The van der Waals surface area contributed by atoms with Crippen molar-refractivity contribution < 1.29 is 9.90 Å². The predicted molar refractivity (Wildman–Crippen MR) is 76.3 cm³/mol. The van der Waals surface area contributed by atoms with E-state index in [4.69, 9.17) is 5.11 Å². The van der Waals surface area contributed by atoms with E-state index in [9.17, 15) is 4.79 Å². The highest BCUT2D eigenvalue weighted by atomic mass is 16.2. The molecule has 2 rings (SSSR count). The first-order valence-electron chi connectivity index (χ1n) is 6.12. The summed E-state index contributed by atoms with van der Waals surface area (Å²) in [4.78, 5) is 12.2. The number of aliphatic hydroxyl groups is 1. The number of anilines is 1. The molecule has 1 aromatic carbocycles. The molecular formula is C15H15N3O2. The van der Waals surface area contributed by atoms with Gasteiger partial charge in [-0.15, -0.1) is 0 Å². The van der Waals surface area contributed by atoms with Crippen LogP contribution in [0.2, 0.25) is 0 Å². The van der Waals surface area contributed by atoms with Crippen LogP contribution in [0.15, 0.2) is 30.5 Å². The lowest BCUT2D eigenvalue weighted by atomic mass is 10.1. The summed E-state index contributed by atoms with van der Waals surface area (Å²) in [7, 11) is 1.78. The van der Waals surface area contributed by atoms with Crippen LogP contribution in [0, 0.1) is 18.8 Å². The topological polar surface area (TPSA) is 67.2 Å². The zero-order chi connectivity index (χ0) is 14.5. The third-order valence-corrected chi connectivity index (χ3v) is 2.96. The lowest BCUT2D eigenvalue weighted by Crippen LogP contribution is -2.13. The number of rotatable bonds is 2. The maximum atomic E-state index is 12.2. The van der Waals surface area contributed by atoms with Gasteiger partial charge in [0.1, 0.15) is 6.61 Å². The Morgan fingerprint density at radius 3 is 2.85 bits per heavy atom. The predicted octanol–water partition coefficient (Wildman–Crippen LogP) is 1.32. The van der Waals surface area contributed by atoms with Crippen molar-refractivity contribution in [1.29, 1.82) is 0 Å². The number of carbonyl (C=O) groups is 1. The number of benzene rings is 1. The van der Waals surface area contributed by atoms with Gasteiger partial charge >= 0.3 is 0 Å². The van der Waals surface area contributed by atoms with Gasteiger partial charge in [-0.05, 0) is 19.1 Å². The van der Waals surface area contributed by atoms with Crippen molar-refractivity contribution in [2.45, 2.75) is 6.92 Å². The van der Waals surface area contributed by atoms with Gasteiger partial charge in [-0.1, -0.05) is 24.0 Å². The van der Waals surface area contributed by atoms with E-state index in [1.54, 1.807) is 23.9 Å². The van der Waals surface area contributed by atoms with Gasteiger partial charge in [0.15, 0.2) is 0 Å². The molecule has 5 nitrogen and oxygen atoms in total. The third kappa shape index (κ3) is 2.87. The highest BCUT2D eigenvalue weighted by Gasteiger charge is 2.13. The summed E-state index contributed by atoms with van der Waals surface area (Å²) in [5, 5.41) is 15.6. The van der Waals surface area contributed by atoms with Crippen LogP contribution < -0.4 is 5.32 Å². The van der Waals surface area contributed by atoms with E-state index in [-0.39, 0.29) is 12.5 Å². The largest absolute Gasteiger partial charge is 0.384 e. The summed E-state index contributed by atoms with van der Waals surface area (Å²) < 4.78 is 1.65. The van der Waals surface area contributed by atoms with Gasteiger partial charge < -0.3 is 10.4 Å². The molecule has 20 heavy (non-hydrogen) atoms. The summed E-state index contributed by atoms with van der Waals surface area (Å²) in [6.45, 7) is 1.61. The van der Waals surface area contributed by atoms with Crippen LogP contribution in [0.3, 0.4) is 0 Å². The van der Waals surface area contributed by atoms with E-state index in [2.05, 4.69) is 22.3 Å². The van der Waals surface area contributed by atoms with E-state index < -0.39 is 0 Å². The van der Waals surface area contributed by atoms with Crippen LogP contribution in [0.1, 0.15) is 21.6 Å². The van der Waals surface area contributed by atoms with Crippen LogP contribution in [0.4, 0.5) is 5.69 Å². The van der Waals surface area contributed by atoms with Gasteiger partial charge in [-0.2, -0.15) is 5.10 Å². The van der Waals surface area contributed by atoms with Crippen LogP contribution in [0.25, 0.3) is 0 Å². The second-order valence-corrected chi connectivity index (χ2v) is 4.23. The van der Waals surface area contributed by atoms with Gasteiger partial charge in [0.25, 0.3) is 5.91 Å². The monoisotopic (exact) mass is 269 g/mol. The summed E-state index contributed by atoms with van der Waals surface area (Å²) in [6.07, 6.45) is 1.53. The molecule has 0 aliphatic rings. The highest BCUT2D eigenvalue weighted by Crippen LogP contribution is 2.16. The third-order valence-electron chi connectivity index (χ3n) is 2.96. The van der Waals surface area contributed by atoms with Crippen molar-refractivity contribution in [3.8, 4) is 11.8 Å². The van der Waals surface area contributed by atoms with Crippen LogP contribution in [-0.2, 0) is 7.05 Å². The summed E-state index contributed by atoms with van der Waals surface area (Å²) in [6, 6.07) is 7.20. The quantitative estimate of drug-likeness (QED) is 0.808. The molecule has 0 saturated heterocycles. The van der Waals surface area contributed by atoms with E-state index in [1.165, 1.54) is 6.20 Å². The molecule has 0 aliphatic carbocycles. The van der Waals surface area contributed by atoms with Crippen molar-refractivity contribution in [3.63, 3.8) is 0 Å². The Kier molecular flexibility index (Phi) is 4.18. The molecule has 0 saturated carbocycles. The molecule has 1 heterocycles. The number of nitrogens with zero attached hydrogens (tertiary/aromatic N) is 2. The Morgan fingerprint density at radius 1 is 1.45 bits per heavy atom. The van der Waals surface area contributed by atoms with Crippen molar-refractivity contribution in [3.05, 3.63) is 47.3 Å². The lowest BCUT2D eigenvalue weighted by molar-refractivity contribution is 0.102. The highest BCUT2D eigenvalue weighted by molar-refractivity contribution is 6.05. The molecule has 2 aromatic rings. The number of amides is 1. The summed E-state index contributed by atoms with van der Waals surface area (Å²) in [5.41, 5.74) is 2.59. The molecule has 0 bridgehead atoms. The number of aromatic nitrogens is 2. The standard InChI is InChI=1S/C15H15N3O2/c1-11-13(10-16-18(11)2)15(20)17-14-8-4-3-6-12(14)7-5-9-19/h3-4,6,8,10,19H,9H2,1-2H3,(H,17,20). The Labute approximate surface area is 117 Å². The molecule has 0 unspecified atom stereocenters. The van der Waals surface area contributed by atoms with E-state index in [0.29, 0.717) is 16.8 Å². The van der Waals surface area contributed by atoms with Gasteiger partial charge in [0, 0.05) is 18.3 Å². The minimum atomic E-state index is -0.228. The maximum absolute atomic E-state index is 12.2. The van der Waals surface area contributed by atoms with Crippen LogP contribution in [0.5, 0.6) is 0 Å². The molecule has 0 fully saturated rings. The fraction of sp³-hybridized carbons (Fsp3) is 0.200. The molecule has 102 valence electrons. The number of hydrogen-bond donors (Lipinski definition) is 2. The van der Waals surface area contributed by atoms with Gasteiger partial charge in [0.05, 0.1) is 17.4 Å². The number of aliphatic hydroxyl groups excluding tert-OH is 1. The Morgan fingerprint density at radius 2 is 2.20 bits per heavy atom. The number of aryl methyl sites for hydroxylation is 1. The number of carbonyl (C=O) groups excluding carboxylic acids is 1. The first-order chi connectivity index (χ1) is 9.63. The zero-order valence-electron chi connectivity index (χ0n) is 11.3. The van der Waals surface area contributed by atoms with Crippen molar-refractivity contribution in [1.82, 2.24) is 9.78 Å². The minimum Gasteiger partial charge on any atom is -0.384 e. The lowest BCUT2D eigenvalue weighted by Gasteiger charge is -2.07. The van der Waals surface area contributed by atoms with E-state index in [0.717, 1.165) is 5.69 Å². The zero-order valence-corrected chi connectivity index (χ0v) is 11.3. The number of nitrogens with one attached hydrogen (secondary N) is 1. The molecule has 0 atom stereocenters. The molecular weight excluding hydrogens is 254 g/mol. The van der Waals surface area contributed by atoms with Crippen molar-refractivity contribution >= 4 is 11.6 Å². The van der Waals surface area contributed by atoms with Gasteiger partial charge in [-0.3, -0.25) is 9.48 Å². The van der Waals surface area contributed by atoms with E-state index >= 15 is 0 Å². The fourth-order valence-electron chi connectivity index (χ4n) is 1.75. The second kappa shape index (κ2) is 6.04. The van der Waals surface area contributed by atoms with Crippen molar-refractivity contribution in [2.24, 2.45) is 7.05 Å².